The predicted molar refractivity (Wildman–Crippen MR) is 132 cm³/mol. The minimum Gasteiger partial charge on any atom is -0.493 e. The summed E-state index contributed by atoms with van der Waals surface area (Å²) in [7, 11) is -4.25. The van der Waals surface area contributed by atoms with Gasteiger partial charge in [-0.25, -0.2) is 13.1 Å². The number of carbonyl (C=O) groups is 2. The largest absolute Gasteiger partial charge is 0.493 e. The van der Waals surface area contributed by atoms with Gasteiger partial charge in [0.2, 0.25) is 10.0 Å². The van der Waals surface area contributed by atoms with Crippen LogP contribution in [0.1, 0.15) is 25.8 Å². The fraction of sp³-hybridized carbons (Fsp3) is 0.308. The van der Waals surface area contributed by atoms with Crippen molar-refractivity contribution in [2.75, 3.05) is 13.2 Å². The van der Waals surface area contributed by atoms with E-state index in [4.69, 9.17) is 14.6 Å². The number of benzene rings is 3. The summed E-state index contributed by atoms with van der Waals surface area (Å²) in [4.78, 5) is 22.0. The summed E-state index contributed by atoms with van der Waals surface area (Å²) >= 11 is 0. The zero-order valence-corrected chi connectivity index (χ0v) is 20.5. The number of carbonyl (C=O) groups excluding carboxylic acids is 1. The maximum absolute atomic E-state index is 13.0. The van der Waals surface area contributed by atoms with Crippen LogP contribution in [0.25, 0.3) is 10.8 Å². The number of hydrogen-bond donors (Lipinski definition) is 2. The van der Waals surface area contributed by atoms with E-state index in [1.165, 1.54) is 18.2 Å². The van der Waals surface area contributed by atoms with E-state index in [0.29, 0.717) is 18.8 Å². The molecule has 2 N–H and O–H groups in total. The summed E-state index contributed by atoms with van der Waals surface area (Å²) in [6.07, 6.45) is 0.115. The minimum absolute atomic E-state index is 0.0546. The molecule has 0 aliphatic carbocycles. The van der Waals surface area contributed by atoms with Gasteiger partial charge < -0.3 is 19.4 Å². The van der Waals surface area contributed by atoms with Crippen LogP contribution in [0.3, 0.4) is 0 Å². The van der Waals surface area contributed by atoms with Gasteiger partial charge in [0, 0.05) is 12.5 Å². The van der Waals surface area contributed by atoms with Crippen LogP contribution in [0, 0.1) is 5.92 Å². The normalized spacial score (nSPS) is 12.4. The summed E-state index contributed by atoms with van der Waals surface area (Å²) in [6, 6.07) is 16.9. The average molecular weight is 500 g/mol. The number of rotatable bonds is 13. The van der Waals surface area contributed by atoms with Gasteiger partial charge in [0.05, 0.1) is 25.7 Å². The van der Waals surface area contributed by atoms with Gasteiger partial charge in [-0.3, -0.25) is 4.79 Å². The highest BCUT2D eigenvalue weighted by atomic mass is 32.2. The highest BCUT2D eigenvalue weighted by molar-refractivity contribution is 7.89. The van der Waals surface area contributed by atoms with Gasteiger partial charge in [-0.1, -0.05) is 56.3 Å². The van der Waals surface area contributed by atoms with Crippen LogP contribution < -0.4 is 14.2 Å². The Bertz CT molecular complexity index is 1280. The molecular formula is C26H29NO7S. The highest BCUT2D eigenvalue weighted by Gasteiger charge is 2.25. The van der Waals surface area contributed by atoms with Gasteiger partial charge in [0.15, 0.2) is 0 Å². The van der Waals surface area contributed by atoms with Crippen molar-refractivity contribution in [2.45, 2.75) is 37.6 Å². The zero-order chi connectivity index (χ0) is 25.4. The topological polar surface area (TPSA) is 119 Å². The number of ether oxygens (including phenoxy) is 2. The average Bonchev–Trinajstić information content (AvgIpc) is 2.82. The second-order valence-corrected chi connectivity index (χ2v) is 10.2. The van der Waals surface area contributed by atoms with Crippen molar-refractivity contribution in [1.82, 2.24) is 4.72 Å². The summed E-state index contributed by atoms with van der Waals surface area (Å²) < 4.78 is 39.8. The fourth-order valence-corrected chi connectivity index (χ4v) is 4.82. The molecule has 0 heterocycles. The van der Waals surface area contributed by atoms with E-state index in [0.717, 1.165) is 16.3 Å². The van der Waals surface area contributed by atoms with Crippen molar-refractivity contribution < 1.29 is 32.6 Å². The molecule has 9 heteroatoms. The number of aldehydes is 1. The number of nitrogens with one attached hydrogen (secondary N) is 1. The van der Waals surface area contributed by atoms with E-state index in [2.05, 4.69) is 4.72 Å². The molecule has 0 amide bonds. The van der Waals surface area contributed by atoms with Gasteiger partial charge in [0.1, 0.15) is 22.7 Å². The van der Waals surface area contributed by atoms with Crippen molar-refractivity contribution in [3.05, 3.63) is 66.2 Å². The summed E-state index contributed by atoms with van der Waals surface area (Å²) in [5, 5.41) is 11.1. The molecule has 0 bridgehead atoms. The molecule has 35 heavy (non-hydrogen) atoms. The van der Waals surface area contributed by atoms with Gasteiger partial charge in [0.25, 0.3) is 0 Å². The molecule has 186 valence electrons. The first-order valence-electron chi connectivity index (χ1n) is 11.3. The Labute approximate surface area is 204 Å². The van der Waals surface area contributed by atoms with Crippen LogP contribution >= 0.6 is 0 Å². The van der Waals surface area contributed by atoms with Gasteiger partial charge in [-0.2, -0.15) is 0 Å². The standard InChI is InChI=1S/C26H29NO7S/c1-18(2)17-34-22-10-11-25(35(31,32)27-21(16-28)14-26(29)30)24(15-22)33-13-12-20-8-5-7-19-6-3-4-9-23(19)20/h3-11,15-16,18,21,27H,12-14,17H2,1-2H3,(H,29,30). The molecule has 0 spiro atoms. The third-order valence-electron chi connectivity index (χ3n) is 5.16. The van der Waals surface area contributed by atoms with Crippen molar-refractivity contribution in [3.8, 4) is 11.5 Å². The van der Waals surface area contributed by atoms with E-state index in [1.54, 1.807) is 0 Å². The molecule has 0 aliphatic heterocycles. The Balaban J connectivity index is 1.85. The lowest BCUT2D eigenvalue weighted by Gasteiger charge is -2.17. The Kier molecular flexibility index (Phi) is 8.84. The fourth-order valence-electron chi connectivity index (χ4n) is 3.53. The number of aliphatic carboxylic acids is 1. The van der Waals surface area contributed by atoms with Crippen LogP contribution in [-0.4, -0.2) is 45.0 Å². The quantitative estimate of drug-likeness (QED) is 0.343. The molecule has 8 nitrogen and oxygen atoms in total. The molecule has 3 aromatic carbocycles. The van der Waals surface area contributed by atoms with E-state index >= 15 is 0 Å². The molecule has 1 atom stereocenters. The van der Waals surface area contributed by atoms with Crippen LogP contribution in [-0.2, 0) is 26.0 Å². The second-order valence-electron chi connectivity index (χ2n) is 8.51. The molecular weight excluding hydrogens is 470 g/mol. The Morgan fingerprint density at radius 2 is 1.80 bits per heavy atom. The lowest BCUT2D eigenvalue weighted by molar-refractivity contribution is -0.138. The lowest BCUT2D eigenvalue weighted by Crippen LogP contribution is -2.37. The summed E-state index contributed by atoms with van der Waals surface area (Å²) in [5.41, 5.74) is 1.06. The lowest BCUT2D eigenvalue weighted by atomic mass is 10.0. The van der Waals surface area contributed by atoms with Crippen LogP contribution in [0.4, 0.5) is 0 Å². The third kappa shape index (κ3) is 7.27. The maximum atomic E-state index is 13.0. The molecule has 0 saturated carbocycles. The minimum atomic E-state index is -4.25. The molecule has 3 aromatic rings. The molecule has 0 fully saturated rings. The molecule has 3 rings (SSSR count). The van der Waals surface area contributed by atoms with Crippen molar-refractivity contribution in [3.63, 3.8) is 0 Å². The predicted octanol–water partition coefficient (Wildman–Crippen LogP) is 3.82. The highest BCUT2D eigenvalue weighted by Crippen LogP contribution is 2.30. The Hall–Kier alpha value is -3.43. The number of sulfonamides is 1. The number of carboxylic acid groups (broad SMARTS) is 1. The first kappa shape index (κ1) is 26.2. The summed E-state index contributed by atoms with van der Waals surface area (Å²) in [6.45, 7) is 4.61. The Morgan fingerprint density at radius 1 is 1.06 bits per heavy atom. The monoisotopic (exact) mass is 499 g/mol. The van der Waals surface area contributed by atoms with Crippen molar-refractivity contribution in [2.24, 2.45) is 5.92 Å². The van der Waals surface area contributed by atoms with E-state index < -0.39 is 28.5 Å². The molecule has 0 radical (unpaired) electrons. The smallest absolute Gasteiger partial charge is 0.305 e. The first-order valence-corrected chi connectivity index (χ1v) is 12.7. The molecule has 1 unspecified atom stereocenters. The van der Waals surface area contributed by atoms with E-state index in [-0.39, 0.29) is 29.5 Å². The van der Waals surface area contributed by atoms with Crippen molar-refractivity contribution in [1.29, 1.82) is 0 Å². The van der Waals surface area contributed by atoms with Crippen LogP contribution in [0.15, 0.2) is 65.6 Å². The van der Waals surface area contributed by atoms with Gasteiger partial charge >= 0.3 is 5.97 Å². The molecule has 0 saturated heterocycles. The number of hydrogen-bond acceptors (Lipinski definition) is 6. The SMILES string of the molecule is CC(C)COc1ccc(S(=O)(=O)NC(C=O)CC(=O)O)c(OCCc2cccc3ccccc23)c1. The summed E-state index contributed by atoms with van der Waals surface area (Å²) in [5.74, 6) is -0.539. The zero-order valence-electron chi connectivity index (χ0n) is 19.6. The van der Waals surface area contributed by atoms with Crippen LogP contribution in [0.5, 0.6) is 11.5 Å². The van der Waals surface area contributed by atoms with E-state index in [9.17, 15) is 18.0 Å². The second kappa shape index (κ2) is 11.8. The molecule has 0 aromatic heterocycles. The molecule has 0 aliphatic rings. The van der Waals surface area contributed by atoms with Gasteiger partial charge in [-0.15, -0.1) is 0 Å². The van der Waals surface area contributed by atoms with Crippen molar-refractivity contribution >= 4 is 33.1 Å². The van der Waals surface area contributed by atoms with Gasteiger partial charge in [-0.05, 0) is 34.4 Å². The van der Waals surface area contributed by atoms with Crippen LogP contribution in [0.2, 0.25) is 0 Å². The first-order chi connectivity index (χ1) is 16.7. The van der Waals surface area contributed by atoms with E-state index in [1.807, 2.05) is 56.3 Å². The third-order valence-corrected chi connectivity index (χ3v) is 6.69. The number of fused-ring (bicyclic) bond motifs is 1. The Morgan fingerprint density at radius 3 is 2.51 bits per heavy atom. The maximum Gasteiger partial charge on any atom is 0.305 e. The number of carboxylic acids is 1.